The van der Waals surface area contributed by atoms with Gasteiger partial charge in [0.05, 0.1) is 35.9 Å². The highest BCUT2D eigenvalue weighted by molar-refractivity contribution is 5.89. The van der Waals surface area contributed by atoms with Crippen LogP contribution < -0.4 is 5.56 Å². The summed E-state index contributed by atoms with van der Waals surface area (Å²) in [6.45, 7) is 6.38. The predicted octanol–water partition coefficient (Wildman–Crippen LogP) is 3.65. The van der Waals surface area contributed by atoms with Gasteiger partial charge < -0.3 is 13.9 Å². The first-order valence-electron chi connectivity index (χ1n) is 10.5. The molecule has 0 spiro atoms. The summed E-state index contributed by atoms with van der Waals surface area (Å²) in [4.78, 5) is 33.6. The lowest BCUT2D eigenvalue weighted by molar-refractivity contribution is 0.00695. The maximum Gasteiger partial charge on any atom is 0.338 e. The van der Waals surface area contributed by atoms with Crippen LogP contribution in [0.25, 0.3) is 10.9 Å². The van der Waals surface area contributed by atoms with Crippen LogP contribution in [0.4, 0.5) is 0 Å². The number of carbonyl (C=O) groups is 1. The molecular formula is C26H24N4O3. The Morgan fingerprint density at radius 2 is 1.91 bits per heavy atom. The first kappa shape index (κ1) is 22.0. The Hall–Kier alpha value is -4.18. The SMILES string of the molecule is CC(C)(C)OC(=O)c1ccc(Cn2ccc3ncc(C#CCn4ccnc4)cc3c2=O)cc1. The van der Waals surface area contributed by atoms with Crippen LogP contribution in [0.2, 0.25) is 0 Å². The van der Waals surface area contributed by atoms with Crippen LogP contribution in [0.5, 0.6) is 0 Å². The zero-order chi connectivity index (χ0) is 23.4. The second-order valence-electron chi connectivity index (χ2n) is 8.64. The van der Waals surface area contributed by atoms with Gasteiger partial charge in [-0.3, -0.25) is 9.78 Å². The number of imidazole rings is 1. The molecule has 33 heavy (non-hydrogen) atoms. The van der Waals surface area contributed by atoms with Crippen LogP contribution in [0, 0.1) is 11.8 Å². The second kappa shape index (κ2) is 9.13. The Labute approximate surface area is 191 Å². The molecular weight excluding hydrogens is 416 g/mol. The number of rotatable bonds is 4. The second-order valence-corrected chi connectivity index (χ2v) is 8.64. The molecule has 0 bridgehead atoms. The molecule has 0 fully saturated rings. The van der Waals surface area contributed by atoms with Crippen molar-refractivity contribution in [3.63, 3.8) is 0 Å². The molecule has 0 N–H and O–H groups in total. The maximum absolute atomic E-state index is 13.1. The minimum Gasteiger partial charge on any atom is -0.456 e. The summed E-state index contributed by atoms with van der Waals surface area (Å²) in [5, 5.41) is 0.511. The van der Waals surface area contributed by atoms with Gasteiger partial charge >= 0.3 is 5.97 Å². The monoisotopic (exact) mass is 440 g/mol. The number of pyridine rings is 2. The molecule has 0 aliphatic rings. The molecule has 3 heterocycles. The van der Waals surface area contributed by atoms with Crippen LogP contribution in [0.3, 0.4) is 0 Å². The van der Waals surface area contributed by atoms with E-state index in [2.05, 4.69) is 21.8 Å². The van der Waals surface area contributed by atoms with E-state index in [9.17, 15) is 9.59 Å². The van der Waals surface area contributed by atoms with Gasteiger partial charge in [-0.25, -0.2) is 9.78 Å². The van der Waals surface area contributed by atoms with E-state index >= 15 is 0 Å². The van der Waals surface area contributed by atoms with Gasteiger partial charge in [0, 0.05) is 30.4 Å². The number of fused-ring (bicyclic) bond motifs is 1. The summed E-state index contributed by atoms with van der Waals surface area (Å²) in [5.74, 6) is 5.74. The molecule has 166 valence electrons. The normalized spacial score (nSPS) is 11.1. The van der Waals surface area contributed by atoms with E-state index in [-0.39, 0.29) is 11.5 Å². The molecule has 7 nitrogen and oxygen atoms in total. The number of carbonyl (C=O) groups excluding carboxylic acids is 1. The van der Waals surface area contributed by atoms with Gasteiger partial charge in [-0.1, -0.05) is 24.0 Å². The fourth-order valence-corrected chi connectivity index (χ4v) is 3.25. The van der Waals surface area contributed by atoms with Crippen LogP contribution in [0.15, 0.2) is 72.3 Å². The Kier molecular flexibility index (Phi) is 6.09. The Morgan fingerprint density at radius 3 is 2.61 bits per heavy atom. The Morgan fingerprint density at radius 1 is 1.12 bits per heavy atom. The summed E-state index contributed by atoms with van der Waals surface area (Å²) in [6, 6.07) is 10.7. The largest absolute Gasteiger partial charge is 0.456 e. The summed E-state index contributed by atoms with van der Waals surface area (Å²) in [5.41, 5.74) is 1.98. The van der Waals surface area contributed by atoms with E-state index in [4.69, 9.17) is 4.74 Å². The van der Waals surface area contributed by atoms with Crippen molar-refractivity contribution in [1.82, 2.24) is 19.1 Å². The van der Waals surface area contributed by atoms with Crippen molar-refractivity contribution in [1.29, 1.82) is 0 Å². The highest BCUT2D eigenvalue weighted by atomic mass is 16.6. The topological polar surface area (TPSA) is 79.0 Å². The molecule has 0 aliphatic carbocycles. The predicted molar refractivity (Wildman–Crippen MR) is 126 cm³/mol. The van der Waals surface area contributed by atoms with Crippen molar-refractivity contribution in [2.24, 2.45) is 0 Å². The van der Waals surface area contributed by atoms with E-state index in [0.29, 0.717) is 35.1 Å². The minimum absolute atomic E-state index is 0.144. The van der Waals surface area contributed by atoms with E-state index in [1.807, 2.05) is 49.7 Å². The van der Waals surface area contributed by atoms with Crippen LogP contribution in [0.1, 0.15) is 42.3 Å². The average molecular weight is 441 g/mol. The van der Waals surface area contributed by atoms with Crippen LogP contribution in [-0.4, -0.2) is 30.7 Å². The Bertz CT molecular complexity index is 1400. The molecule has 4 aromatic rings. The molecule has 0 atom stereocenters. The van der Waals surface area contributed by atoms with Crippen molar-refractivity contribution in [3.05, 3.63) is 94.6 Å². The number of nitrogens with zero attached hydrogens (tertiary/aromatic N) is 4. The maximum atomic E-state index is 13.1. The van der Waals surface area contributed by atoms with Crippen molar-refractivity contribution in [2.75, 3.05) is 0 Å². The first-order chi connectivity index (χ1) is 15.8. The van der Waals surface area contributed by atoms with Crippen LogP contribution >= 0.6 is 0 Å². The average Bonchev–Trinajstić information content (AvgIpc) is 3.29. The fraction of sp³-hybridized carbons (Fsp3) is 0.231. The summed E-state index contributed by atoms with van der Waals surface area (Å²) >= 11 is 0. The zero-order valence-corrected chi connectivity index (χ0v) is 18.8. The number of benzene rings is 1. The van der Waals surface area contributed by atoms with E-state index in [1.165, 1.54) is 0 Å². The lowest BCUT2D eigenvalue weighted by atomic mass is 10.1. The van der Waals surface area contributed by atoms with Gasteiger partial charge in [-0.05, 0) is 50.6 Å². The highest BCUT2D eigenvalue weighted by Crippen LogP contribution is 2.14. The third kappa shape index (κ3) is 5.55. The lowest BCUT2D eigenvalue weighted by Crippen LogP contribution is -2.24. The molecule has 0 saturated heterocycles. The number of hydrogen-bond donors (Lipinski definition) is 0. The van der Waals surface area contributed by atoms with Crippen LogP contribution in [-0.2, 0) is 17.8 Å². The third-order valence-corrected chi connectivity index (χ3v) is 4.82. The van der Waals surface area contributed by atoms with Gasteiger partial charge in [0.15, 0.2) is 0 Å². The number of aromatic nitrogens is 4. The summed E-state index contributed by atoms with van der Waals surface area (Å²) in [7, 11) is 0. The molecule has 0 aliphatic heterocycles. The number of hydrogen-bond acceptors (Lipinski definition) is 5. The van der Waals surface area contributed by atoms with Crippen molar-refractivity contribution in [2.45, 2.75) is 39.5 Å². The molecule has 0 radical (unpaired) electrons. The van der Waals surface area contributed by atoms with Crippen molar-refractivity contribution >= 4 is 16.9 Å². The van der Waals surface area contributed by atoms with Gasteiger partial charge in [-0.2, -0.15) is 0 Å². The summed E-state index contributed by atoms with van der Waals surface area (Å²) < 4.78 is 8.88. The van der Waals surface area contributed by atoms with E-state index < -0.39 is 5.60 Å². The molecule has 0 unspecified atom stereocenters. The minimum atomic E-state index is -0.551. The fourth-order valence-electron chi connectivity index (χ4n) is 3.25. The Balaban J connectivity index is 1.53. The highest BCUT2D eigenvalue weighted by Gasteiger charge is 2.17. The molecule has 4 rings (SSSR count). The lowest BCUT2D eigenvalue weighted by Gasteiger charge is -2.19. The van der Waals surface area contributed by atoms with Gasteiger partial charge in [0.1, 0.15) is 5.60 Å². The molecule has 1 aromatic carbocycles. The van der Waals surface area contributed by atoms with E-state index in [1.54, 1.807) is 47.7 Å². The first-order valence-corrected chi connectivity index (χ1v) is 10.5. The molecule has 0 amide bonds. The van der Waals surface area contributed by atoms with Gasteiger partial charge in [0.25, 0.3) is 5.56 Å². The van der Waals surface area contributed by atoms with E-state index in [0.717, 1.165) is 5.56 Å². The van der Waals surface area contributed by atoms with Gasteiger partial charge in [-0.15, -0.1) is 0 Å². The van der Waals surface area contributed by atoms with Crippen molar-refractivity contribution in [3.8, 4) is 11.8 Å². The number of ether oxygens (including phenoxy) is 1. The summed E-state index contributed by atoms with van der Waals surface area (Å²) in [6.07, 6.45) is 8.64. The standard InChI is InChI=1S/C26H24N4O3/c1-26(2,3)33-25(32)21-8-6-19(7-9-21)17-30-13-10-23-22(24(30)31)15-20(16-28-23)5-4-12-29-14-11-27-18-29/h6-11,13-16,18H,12,17H2,1-3H3. The van der Waals surface area contributed by atoms with Gasteiger partial charge in [0.2, 0.25) is 0 Å². The quantitative estimate of drug-likeness (QED) is 0.358. The number of esters is 1. The molecule has 7 heteroatoms. The zero-order valence-electron chi connectivity index (χ0n) is 18.8. The van der Waals surface area contributed by atoms with Crippen molar-refractivity contribution < 1.29 is 9.53 Å². The smallest absolute Gasteiger partial charge is 0.338 e. The molecule has 3 aromatic heterocycles. The third-order valence-electron chi connectivity index (χ3n) is 4.82. The molecule has 0 saturated carbocycles.